The number of piperidine rings is 1. The zero-order valence-electron chi connectivity index (χ0n) is 16.6. The van der Waals surface area contributed by atoms with Crippen LogP contribution in [0.15, 0.2) is 6.07 Å². The summed E-state index contributed by atoms with van der Waals surface area (Å²) in [5.41, 5.74) is 1.80. The van der Waals surface area contributed by atoms with Gasteiger partial charge in [0.2, 0.25) is 0 Å². The molecular formula is C20H34N4O2. The highest BCUT2D eigenvalue weighted by molar-refractivity contribution is 5.93. The van der Waals surface area contributed by atoms with E-state index in [9.17, 15) is 4.79 Å². The fourth-order valence-electron chi connectivity index (χ4n) is 4.09. The molecule has 2 aliphatic heterocycles. The first-order valence-corrected chi connectivity index (χ1v) is 10.3. The summed E-state index contributed by atoms with van der Waals surface area (Å²) in [6.07, 6.45) is 4.33. The fourth-order valence-corrected chi connectivity index (χ4v) is 4.09. The van der Waals surface area contributed by atoms with Crippen molar-refractivity contribution in [1.82, 2.24) is 19.6 Å². The zero-order valence-corrected chi connectivity index (χ0v) is 16.6. The van der Waals surface area contributed by atoms with Crippen LogP contribution in [-0.4, -0.2) is 70.9 Å². The lowest BCUT2D eigenvalue weighted by Crippen LogP contribution is -2.51. The predicted molar refractivity (Wildman–Crippen MR) is 102 cm³/mol. The van der Waals surface area contributed by atoms with Gasteiger partial charge in [0.05, 0.1) is 18.9 Å². The molecule has 0 aromatic carbocycles. The minimum Gasteiger partial charge on any atom is -0.379 e. The number of ether oxygens (including phenoxy) is 1. The molecule has 2 aliphatic rings. The summed E-state index contributed by atoms with van der Waals surface area (Å²) in [4.78, 5) is 17.9. The van der Waals surface area contributed by atoms with Crippen LogP contribution in [-0.2, 0) is 17.7 Å². The smallest absolute Gasteiger partial charge is 0.272 e. The number of hydrogen-bond donors (Lipinski definition) is 0. The third-order valence-corrected chi connectivity index (χ3v) is 5.43. The standard InChI is InChI=1S/C20H34N4O2/c1-4-24-19(14-17(21-24)13-16(2)3)20(25)23-8-6-5-7-18(23)15-22-9-11-26-12-10-22/h14,16,18H,4-13,15H2,1-3H3/t18-/m0/s1. The number of carbonyl (C=O) groups is 1. The highest BCUT2D eigenvalue weighted by Gasteiger charge is 2.31. The monoisotopic (exact) mass is 362 g/mol. The van der Waals surface area contributed by atoms with Crippen molar-refractivity contribution in [2.24, 2.45) is 5.92 Å². The first kappa shape index (κ1) is 19.4. The van der Waals surface area contributed by atoms with Crippen molar-refractivity contribution >= 4 is 5.91 Å². The van der Waals surface area contributed by atoms with Gasteiger partial charge in [0.25, 0.3) is 5.91 Å². The number of hydrogen-bond acceptors (Lipinski definition) is 4. The molecule has 1 amide bonds. The molecule has 6 nitrogen and oxygen atoms in total. The fraction of sp³-hybridized carbons (Fsp3) is 0.800. The van der Waals surface area contributed by atoms with Crippen LogP contribution < -0.4 is 0 Å². The van der Waals surface area contributed by atoms with E-state index in [1.165, 1.54) is 6.42 Å². The average Bonchev–Trinajstić information content (AvgIpc) is 3.04. The van der Waals surface area contributed by atoms with E-state index in [2.05, 4.69) is 35.7 Å². The Bertz CT molecular complexity index is 593. The number of amides is 1. The summed E-state index contributed by atoms with van der Waals surface area (Å²) in [6.45, 7) is 12.6. The second kappa shape index (κ2) is 9.00. The minimum absolute atomic E-state index is 0.160. The molecule has 2 fully saturated rings. The quantitative estimate of drug-likeness (QED) is 0.780. The number of nitrogens with zero attached hydrogens (tertiary/aromatic N) is 4. The van der Waals surface area contributed by atoms with Gasteiger partial charge < -0.3 is 9.64 Å². The second-order valence-corrected chi connectivity index (χ2v) is 8.00. The number of morpholine rings is 1. The maximum absolute atomic E-state index is 13.4. The predicted octanol–water partition coefficient (Wildman–Crippen LogP) is 2.43. The van der Waals surface area contributed by atoms with Crippen LogP contribution in [0.2, 0.25) is 0 Å². The van der Waals surface area contributed by atoms with Crippen molar-refractivity contribution in [3.8, 4) is 0 Å². The topological polar surface area (TPSA) is 50.6 Å². The molecule has 1 aromatic rings. The third kappa shape index (κ3) is 4.65. The van der Waals surface area contributed by atoms with E-state index in [-0.39, 0.29) is 5.91 Å². The molecule has 3 rings (SSSR count). The van der Waals surface area contributed by atoms with E-state index < -0.39 is 0 Å². The van der Waals surface area contributed by atoms with Crippen LogP contribution in [0.5, 0.6) is 0 Å². The van der Waals surface area contributed by atoms with Gasteiger partial charge in [0.1, 0.15) is 5.69 Å². The Labute approximate surface area is 157 Å². The van der Waals surface area contributed by atoms with Gasteiger partial charge in [0, 0.05) is 38.8 Å². The van der Waals surface area contributed by atoms with Crippen LogP contribution >= 0.6 is 0 Å². The van der Waals surface area contributed by atoms with Crippen LogP contribution in [0.3, 0.4) is 0 Å². The number of carbonyl (C=O) groups excluding carboxylic acids is 1. The largest absolute Gasteiger partial charge is 0.379 e. The first-order chi connectivity index (χ1) is 12.6. The molecule has 0 saturated carbocycles. The first-order valence-electron chi connectivity index (χ1n) is 10.3. The normalized spacial score (nSPS) is 22.2. The van der Waals surface area contributed by atoms with Gasteiger partial charge >= 0.3 is 0 Å². The Balaban J connectivity index is 1.74. The molecular weight excluding hydrogens is 328 g/mol. The van der Waals surface area contributed by atoms with E-state index in [1.54, 1.807) is 0 Å². The van der Waals surface area contributed by atoms with Crippen molar-refractivity contribution in [2.75, 3.05) is 39.4 Å². The summed E-state index contributed by atoms with van der Waals surface area (Å²) in [5.74, 6) is 0.703. The van der Waals surface area contributed by atoms with Crippen LogP contribution in [0.4, 0.5) is 0 Å². The summed E-state index contributed by atoms with van der Waals surface area (Å²) < 4.78 is 7.35. The number of aryl methyl sites for hydroxylation is 1. The lowest BCUT2D eigenvalue weighted by molar-refractivity contribution is 0.0163. The summed E-state index contributed by atoms with van der Waals surface area (Å²) in [5, 5.41) is 4.67. The maximum Gasteiger partial charge on any atom is 0.272 e. The summed E-state index contributed by atoms with van der Waals surface area (Å²) in [6, 6.07) is 2.33. The average molecular weight is 363 g/mol. The van der Waals surface area contributed by atoms with Crippen molar-refractivity contribution < 1.29 is 9.53 Å². The summed E-state index contributed by atoms with van der Waals surface area (Å²) >= 11 is 0. The highest BCUT2D eigenvalue weighted by Crippen LogP contribution is 2.22. The van der Waals surface area contributed by atoms with Crippen molar-refractivity contribution in [3.63, 3.8) is 0 Å². The van der Waals surface area contributed by atoms with E-state index in [0.29, 0.717) is 12.0 Å². The molecule has 1 aromatic heterocycles. The summed E-state index contributed by atoms with van der Waals surface area (Å²) in [7, 11) is 0. The van der Waals surface area contributed by atoms with Crippen molar-refractivity contribution in [1.29, 1.82) is 0 Å². The van der Waals surface area contributed by atoms with Gasteiger partial charge in [0.15, 0.2) is 0 Å². The maximum atomic E-state index is 13.4. The molecule has 2 saturated heterocycles. The number of rotatable bonds is 6. The lowest BCUT2D eigenvalue weighted by Gasteiger charge is -2.39. The lowest BCUT2D eigenvalue weighted by atomic mass is 10.0. The Morgan fingerprint density at radius 3 is 2.73 bits per heavy atom. The molecule has 6 heteroatoms. The van der Waals surface area contributed by atoms with Gasteiger partial charge in [-0.2, -0.15) is 5.10 Å². The molecule has 0 N–H and O–H groups in total. The van der Waals surface area contributed by atoms with Gasteiger partial charge in [-0.3, -0.25) is 14.4 Å². The van der Waals surface area contributed by atoms with Crippen LogP contribution in [0.1, 0.15) is 56.2 Å². The molecule has 1 atom stereocenters. The van der Waals surface area contributed by atoms with Crippen molar-refractivity contribution in [3.05, 3.63) is 17.5 Å². The molecule has 3 heterocycles. The van der Waals surface area contributed by atoms with Gasteiger partial charge in [-0.15, -0.1) is 0 Å². The van der Waals surface area contributed by atoms with E-state index >= 15 is 0 Å². The number of likely N-dealkylation sites (tertiary alicyclic amines) is 1. The minimum atomic E-state index is 0.160. The van der Waals surface area contributed by atoms with Crippen LogP contribution in [0.25, 0.3) is 0 Å². The molecule has 146 valence electrons. The SMILES string of the molecule is CCn1nc(CC(C)C)cc1C(=O)N1CCCC[C@H]1CN1CCOCC1. The molecule has 0 spiro atoms. The molecule has 0 aliphatic carbocycles. The molecule has 26 heavy (non-hydrogen) atoms. The Morgan fingerprint density at radius 2 is 2.04 bits per heavy atom. The Morgan fingerprint density at radius 1 is 1.27 bits per heavy atom. The number of aromatic nitrogens is 2. The third-order valence-electron chi connectivity index (χ3n) is 5.43. The van der Waals surface area contributed by atoms with E-state index in [4.69, 9.17) is 4.74 Å². The van der Waals surface area contributed by atoms with Gasteiger partial charge in [-0.1, -0.05) is 13.8 Å². The van der Waals surface area contributed by atoms with Crippen LogP contribution in [0, 0.1) is 5.92 Å². The van der Waals surface area contributed by atoms with Gasteiger partial charge in [-0.05, 0) is 44.6 Å². The Kier molecular flexibility index (Phi) is 6.70. The van der Waals surface area contributed by atoms with E-state index in [1.807, 2.05) is 10.7 Å². The van der Waals surface area contributed by atoms with Gasteiger partial charge in [-0.25, -0.2) is 0 Å². The molecule has 0 bridgehead atoms. The van der Waals surface area contributed by atoms with E-state index in [0.717, 1.165) is 76.6 Å². The molecule has 0 radical (unpaired) electrons. The highest BCUT2D eigenvalue weighted by atomic mass is 16.5. The second-order valence-electron chi connectivity index (χ2n) is 8.00. The molecule has 0 unspecified atom stereocenters. The zero-order chi connectivity index (χ0) is 18.5. The van der Waals surface area contributed by atoms with Crippen molar-refractivity contribution in [2.45, 2.75) is 59.0 Å². The Hall–Kier alpha value is -1.40.